The molecule has 0 fully saturated rings. The van der Waals surface area contributed by atoms with Crippen LogP contribution in [0.1, 0.15) is 39.9 Å². The summed E-state index contributed by atoms with van der Waals surface area (Å²) in [5, 5.41) is 0. The topological polar surface area (TPSA) is 63.5 Å². The summed E-state index contributed by atoms with van der Waals surface area (Å²) in [6.45, 7) is 7.47. The van der Waals surface area contributed by atoms with Crippen molar-refractivity contribution in [3.63, 3.8) is 0 Å². The highest BCUT2D eigenvalue weighted by Gasteiger charge is 2.16. The van der Waals surface area contributed by atoms with Gasteiger partial charge >= 0.3 is 6.09 Å². The average Bonchev–Trinajstić information content (AvgIpc) is 2.74. The molecule has 5 heteroatoms. The predicted octanol–water partition coefficient (Wildman–Crippen LogP) is 2.63. The molecular formula is C13H22N2O3. The monoisotopic (exact) mass is 254 g/mol. The first-order valence-corrected chi connectivity index (χ1v) is 6.14. The average molecular weight is 254 g/mol. The zero-order chi connectivity index (χ0) is 13.6. The van der Waals surface area contributed by atoms with Crippen LogP contribution in [0.5, 0.6) is 0 Å². The van der Waals surface area contributed by atoms with Gasteiger partial charge in [-0.1, -0.05) is 0 Å². The van der Waals surface area contributed by atoms with E-state index in [1.165, 1.54) is 0 Å². The fourth-order valence-electron chi connectivity index (χ4n) is 1.37. The Labute approximate surface area is 108 Å². The van der Waals surface area contributed by atoms with Crippen LogP contribution in [0.15, 0.2) is 22.8 Å². The van der Waals surface area contributed by atoms with E-state index in [1.807, 2.05) is 39.8 Å². The van der Waals surface area contributed by atoms with Crippen molar-refractivity contribution in [2.24, 2.45) is 0 Å². The van der Waals surface area contributed by atoms with Crippen molar-refractivity contribution in [2.45, 2.75) is 52.2 Å². The first-order chi connectivity index (χ1) is 8.37. The highest BCUT2D eigenvalue weighted by molar-refractivity contribution is 5.66. The van der Waals surface area contributed by atoms with Crippen LogP contribution < -0.4 is 10.9 Å². The first kappa shape index (κ1) is 14.6. The summed E-state index contributed by atoms with van der Waals surface area (Å²) < 4.78 is 10.3. The van der Waals surface area contributed by atoms with Crippen molar-refractivity contribution in [3.8, 4) is 0 Å². The summed E-state index contributed by atoms with van der Waals surface area (Å²) in [7, 11) is 0. The second-order valence-electron chi connectivity index (χ2n) is 5.29. The third kappa shape index (κ3) is 6.30. The van der Waals surface area contributed by atoms with E-state index in [1.54, 1.807) is 6.26 Å². The van der Waals surface area contributed by atoms with Gasteiger partial charge in [0.15, 0.2) is 0 Å². The van der Waals surface area contributed by atoms with Crippen molar-refractivity contribution in [2.75, 3.05) is 0 Å². The van der Waals surface area contributed by atoms with Crippen LogP contribution in [0.3, 0.4) is 0 Å². The van der Waals surface area contributed by atoms with E-state index < -0.39 is 11.7 Å². The van der Waals surface area contributed by atoms with Gasteiger partial charge in [-0.05, 0) is 46.2 Å². The number of carbonyl (C=O) groups excluding carboxylic acids is 1. The van der Waals surface area contributed by atoms with E-state index in [-0.39, 0.29) is 6.04 Å². The third-order valence-electron chi connectivity index (χ3n) is 2.22. The number of hydrogen-bond donors (Lipinski definition) is 2. The second-order valence-corrected chi connectivity index (χ2v) is 5.29. The molecule has 0 aliphatic carbocycles. The van der Waals surface area contributed by atoms with Gasteiger partial charge < -0.3 is 9.15 Å². The zero-order valence-electron chi connectivity index (χ0n) is 11.4. The number of rotatable bonds is 5. The number of furan rings is 1. The Balaban J connectivity index is 2.17. The van der Waals surface area contributed by atoms with Crippen LogP contribution in [0, 0.1) is 0 Å². The summed E-state index contributed by atoms with van der Waals surface area (Å²) in [5.41, 5.74) is 4.95. The second kappa shape index (κ2) is 6.44. The number of ether oxygens (including phenoxy) is 1. The summed E-state index contributed by atoms with van der Waals surface area (Å²) in [5.74, 6) is 0.945. The molecule has 0 aromatic carbocycles. The van der Waals surface area contributed by atoms with Gasteiger partial charge in [0.25, 0.3) is 0 Å². The largest absolute Gasteiger partial charge is 0.469 e. The molecule has 0 radical (unpaired) electrons. The fourth-order valence-corrected chi connectivity index (χ4v) is 1.37. The molecule has 0 saturated heterocycles. The van der Waals surface area contributed by atoms with Gasteiger partial charge in [0.1, 0.15) is 11.4 Å². The van der Waals surface area contributed by atoms with Crippen LogP contribution in [-0.2, 0) is 11.2 Å². The van der Waals surface area contributed by atoms with Crippen molar-refractivity contribution >= 4 is 6.09 Å². The quantitative estimate of drug-likeness (QED) is 0.793. The van der Waals surface area contributed by atoms with Crippen LogP contribution in [0.4, 0.5) is 4.79 Å². The highest BCUT2D eigenvalue weighted by atomic mass is 16.6. The Morgan fingerprint density at radius 1 is 1.50 bits per heavy atom. The normalized spacial score (nSPS) is 13.1. The molecule has 1 heterocycles. The maximum atomic E-state index is 11.4. The molecule has 2 N–H and O–H groups in total. The Hall–Kier alpha value is -1.49. The molecule has 102 valence electrons. The Kier molecular flexibility index (Phi) is 5.22. The lowest BCUT2D eigenvalue weighted by Crippen LogP contribution is -2.45. The molecule has 0 spiro atoms. The van der Waals surface area contributed by atoms with E-state index in [4.69, 9.17) is 9.15 Å². The van der Waals surface area contributed by atoms with E-state index in [9.17, 15) is 4.79 Å². The lowest BCUT2D eigenvalue weighted by atomic mass is 10.1. The molecule has 0 saturated carbocycles. The lowest BCUT2D eigenvalue weighted by molar-refractivity contribution is 0.0488. The van der Waals surface area contributed by atoms with Crippen LogP contribution in [0.2, 0.25) is 0 Å². The van der Waals surface area contributed by atoms with Crippen LogP contribution in [0.25, 0.3) is 0 Å². The highest BCUT2D eigenvalue weighted by Crippen LogP contribution is 2.07. The number of nitrogens with one attached hydrogen (secondary N) is 2. The van der Waals surface area contributed by atoms with Crippen molar-refractivity contribution in [1.29, 1.82) is 0 Å². The predicted molar refractivity (Wildman–Crippen MR) is 69.0 cm³/mol. The van der Waals surface area contributed by atoms with Crippen molar-refractivity contribution in [3.05, 3.63) is 24.2 Å². The molecule has 0 aliphatic heterocycles. The molecule has 0 aliphatic rings. The lowest BCUT2D eigenvalue weighted by Gasteiger charge is -2.21. The van der Waals surface area contributed by atoms with Crippen LogP contribution >= 0.6 is 0 Å². The number of amides is 1. The molecule has 1 aromatic rings. The number of carbonyl (C=O) groups is 1. The minimum atomic E-state index is -0.483. The van der Waals surface area contributed by atoms with Crippen molar-refractivity contribution < 1.29 is 13.9 Å². The number of hydrogen-bond acceptors (Lipinski definition) is 4. The molecule has 18 heavy (non-hydrogen) atoms. The van der Waals surface area contributed by atoms with Gasteiger partial charge in [-0.15, -0.1) is 0 Å². The van der Waals surface area contributed by atoms with Crippen LogP contribution in [-0.4, -0.2) is 17.7 Å². The van der Waals surface area contributed by atoms with E-state index in [0.717, 1.165) is 18.6 Å². The maximum absolute atomic E-state index is 11.4. The summed E-state index contributed by atoms with van der Waals surface area (Å²) in [4.78, 5) is 11.4. The SMILES string of the molecule is CC(CCc1ccco1)NNC(=O)OC(C)(C)C. The minimum Gasteiger partial charge on any atom is -0.469 e. The Morgan fingerprint density at radius 3 is 2.78 bits per heavy atom. The minimum absolute atomic E-state index is 0.141. The number of hydrazine groups is 1. The van der Waals surface area contributed by atoms with E-state index >= 15 is 0 Å². The summed E-state index contributed by atoms with van der Waals surface area (Å²) in [6, 6.07) is 3.95. The van der Waals surface area contributed by atoms with Gasteiger partial charge in [-0.3, -0.25) is 5.43 Å². The van der Waals surface area contributed by atoms with Gasteiger partial charge in [0, 0.05) is 12.5 Å². The van der Waals surface area contributed by atoms with Gasteiger partial charge in [0.05, 0.1) is 6.26 Å². The molecule has 1 amide bonds. The molecular weight excluding hydrogens is 232 g/mol. The Morgan fingerprint density at radius 2 is 2.22 bits per heavy atom. The summed E-state index contributed by atoms with van der Waals surface area (Å²) >= 11 is 0. The molecule has 0 bridgehead atoms. The Bertz CT molecular complexity index is 355. The molecule has 1 aromatic heterocycles. The van der Waals surface area contributed by atoms with E-state index in [2.05, 4.69) is 10.9 Å². The van der Waals surface area contributed by atoms with Gasteiger partial charge in [-0.2, -0.15) is 0 Å². The number of aryl methyl sites for hydroxylation is 1. The van der Waals surface area contributed by atoms with E-state index in [0.29, 0.717) is 0 Å². The standard InChI is InChI=1S/C13H22N2O3/c1-10(7-8-11-6-5-9-17-11)14-15-12(16)18-13(2,3)4/h5-6,9-10,14H,7-8H2,1-4H3,(H,15,16). The molecule has 1 unspecified atom stereocenters. The van der Waals surface area contributed by atoms with Crippen molar-refractivity contribution in [1.82, 2.24) is 10.9 Å². The van der Waals surface area contributed by atoms with Gasteiger partial charge in [-0.25, -0.2) is 10.2 Å². The maximum Gasteiger partial charge on any atom is 0.422 e. The van der Waals surface area contributed by atoms with Gasteiger partial charge in [0.2, 0.25) is 0 Å². The molecule has 1 atom stereocenters. The fraction of sp³-hybridized carbons (Fsp3) is 0.615. The zero-order valence-corrected chi connectivity index (χ0v) is 11.4. The molecule has 5 nitrogen and oxygen atoms in total. The third-order valence-corrected chi connectivity index (χ3v) is 2.22. The summed E-state index contributed by atoms with van der Waals surface area (Å²) in [6.07, 6.45) is 2.89. The first-order valence-electron chi connectivity index (χ1n) is 6.14. The smallest absolute Gasteiger partial charge is 0.422 e. The molecule has 1 rings (SSSR count).